The van der Waals surface area contributed by atoms with Crippen molar-refractivity contribution in [2.24, 2.45) is 0 Å². The van der Waals surface area contributed by atoms with E-state index in [-0.39, 0.29) is 11.9 Å². The first-order valence-electron chi connectivity index (χ1n) is 6.16. The molecule has 1 aromatic carbocycles. The van der Waals surface area contributed by atoms with Crippen molar-refractivity contribution in [3.05, 3.63) is 58.3 Å². The van der Waals surface area contributed by atoms with Crippen molar-refractivity contribution in [3.63, 3.8) is 0 Å². The summed E-state index contributed by atoms with van der Waals surface area (Å²) in [5.41, 5.74) is 1.61. The lowest BCUT2D eigenvalue weighted by Crippen LogP contribution is -2.24. The average molecular weight is 324 g/mol. The summed E-state index contributed by atoms with van der Waals surface area (Å²) >= 11 is 3.47. The Hall–Kier alpha value is -1.33. The van der Waals surface area contributed by atoms with E-state index in [0.29, 0.717) is 0 Å². The summed E-state index contributed by atoms with van der Waals surface area (Å²) in [7, 11) is 0. The molecule has 1 aromatic heterocycles. The molecule has 1 heterocycles. The molecule has 5 heteroatoms. The van der Waals surface area contributed by atoms with Gasteiger partial charge in [-0.05, 0) is 36.7 Å². The zero-order valence-corrected chi connectivity index (χ0v) is 12.2. The van der Waals surface area contributed by atoms with Gasteiger partial charge in [-0.1, -0.05) is 22.9 Å². The Morgan fingerprint density at radius 3 is 2.89 bits per heavy atom. The van der Waals surface area contributed by atoms with Gasteiger partial charge in [-0.25, -0.2) is 4.39 Å². The Bertz CT molecular complexity index is 533. The summed E-state index contributed by atoms with van der Waals surface area (Å²) in [5, 5.41) is 3.37. The maximum atomic E-state index is 13.5. The second-order valence-electron chi connectivity index (χ2n) is 4.18. The number of halogens is 2. The predicted molar refractivity (Wildman–Crippen MR) is 76.3 cm³/mol. The van der Waals surface area contributed by atoms with Gasteiger partial charge in [0, 0.05) is 16.9 Å². The topological polar surface area (TPSA) is 37.8 Å². The van der Waals surface area contributed by atoms with Crippen molar-refractivity contribution in [1.29, 1.82) is 0 Å². The molecule has 1 atom stereocenters. The number of nitrogens with zero attached hydrogens (tertiary/aromatic N) is 2. The van der Waals surface area contributed by atoms with Crippen molar-refractivity contribution in [1.82, 2.24) is 15.3 Å². The standard InChI is InChI=1S/C14H15BrFN3/c1-2-5-19-14(13-9-17-6-7-18-13)11-8-10(16)3-4-12(11)15/h3-4,6-9,14,19H,2,5H2,1H3. The normalized spacial score (nSPS) is 12.4. The van der Waals surface area contributed by atoms with Crippen LogP contribution in [0.25, 0.3) is 0 Å². The Balaban J connectivity index is 2.40. The summed E-state index contributed by atoms with van der Waals surface area (Å²) in [5.74, 6) is -0.259. The minimum atomic E-state index is -0.259. The van der Waals surface area contributed by atoms with Crippen LogP contribution < -0.4 is 5.32 Å². The first-order chi connectivity index (χ1) is 9.22. The minimum Gasteiger partial charge on any atom is -0.305 e. The molecule has 0 spiro atoms. The second-order valence-corrected chi connectivity index (χ2v) is 5.04. The van der Waals surface area contributed by atoms with Crippen LogP contribution in [0.15, 0.2) is 41.3 Å². The Morgan fingerprint density at radius 2 is 2.21 bits per heavy atom. The van der Waals surface area contributed by atoms with E-state index >= 15 is 0 Å². The molecule has 0 fully saturated rings. The lowest BCUT2D eigenvalue weighted by molar-refractivity contribution is 0.572. The molecule has 0 radical (unpaired) electrons. The molecule has 19 heavy (non-hydrogen) atoms. The fraction of sp³-hybridized carbons (Fsp3) is 0.286. The van der Waals surface area contributed by atoms with Gasteiger partial charge in [0.2, 0.25) is 0 Å². The van der Waals surface area contributed by atoms with E-state index in [0.717, 1.165) is 28.7 Å². The van der Waals surface area contributed by atoms with Gasteiger partial charge in [-0.3, -0.25) is 9.97 Å². The molecule has 3 nitrogen and oxygen atoms in total. The highest BCUT2D eigenvalue weighted by molar-refractivity contribution is 9.10. The molecule has 0 saturated carbocycles. The van der Waals surface area contributed by atoms with Gasteiger partial charge in [0.05, 0.1) is 17.9 Å². The van der Waals surface area contributed by atoms with Gasteiger partial charge >= 0.3 is 0 Å². The zero-order chi connectivity index (χ0) is 13.7. The number of benzene rings is 1. The van der Waals surface area contributed by atoms with Crippen LogP contribution in [-0.2, 0) is 0 Å². The number of nitrogens with one attached hydrogen (secondary N) is 1. The van der Waals surface area contributed by atoms with Crippen LogP contribution in [0, 0.1) is 5.82 Å². The lowest BCUT2D eigenvalue weighted by Gasteiger charge is -2.19. The highest BCUT2D eigenvalue weighted by Gasteiger charge is 2.18. The lowest BCUT2D eigenvalue weighted by atomic mass is 10.0. The maximum Gasteiger partial charge on any atom is 0.123 e. The zero-order valence-electron chi connectivity index (χ0n) is 10.6. The van der Waals surface area contributed by atoms with E-state index in [2.05, 4.69) is 38.1 Å². The highest BCUT2D eigenvalue weighted by atomic mass is 79.9. The number of hydrogen-bond donors (Lipinski definition) is 1. The molecule has 0 bridgehead atoms. The summed E-state index contributed by atoms with van der Waals surface area (Å²) in [4.78, 5) is 8.39. The molecule has 0 saturated heterocycles. The van der Waals surface area contributed by atoms with Gasteiger partial charge in [0.1, 0.15) is 5.82 Å². The van der Waals surface area contributed by atoms with Crippen LogP contribution in [0.5, 0.6) is 0 Å². The third-order valence-corrected chi connectivity index (χ3v) is 3.47. The molecule has 0 aliphatic heterocycles. The molecule has 0 aliphatic rings. The largest absolute Gasteiger partial charge is 0.305 e. The fourth-order valence-electron chi connectivity index (χ4n) is 1.86. The van der Waals surface area contributed by atoms with Crippen LogP contribution in [0.4, 0.5) is 4.39 Å². The molecule has 1 unspecified atom stereocenters. The Labute approximate surface area is 120 Å². The van der Waals surface area contributed by atoms with Crippen LogP contribution in [0.2, 0.25) is 0 Å². The van der Waals surface area contributed by atoms with E-state index < -0.39 is 0 Å². The molecule has 2 rings (SSSR count). The van der Waals surface area contributed by atoms with Gasteiger partial charge in [-0.2, -0.15) is 0 Å². The van der Waals surface area contributed by atoms with Crippen molar-refractivity contribution >= 4 is 15.9 Å². The van der Waals surface area contributed by atoms with Crippen molar-refractivity contribution in [2.75, 3.05) is 6.54 Å². The quantitative estimate of drug-likeness (QED) is 0.915. The first kappa shape index (κ1) is 14.1. The van der Waals surface area contributed by atoms with Crippen LogP contribution in [0.1, 0.15) is 30.6 Å². The second kappa shape index (κ2) is 6.73. The Morgan fingerprint density at radius 1 is 1.37 bits per heavy atom. The summed E-state index contributed by atoms with van der Waals surface area (Å²) < 4.78 is 14.3. The van der Waals surface area contributed by atoms with E-state index in [9.17, 15) is 4.39 Å². The van der Waals surface area contributed by atoms with Crippen LogP contribution in [-0.4, -0.2) is 16.5 Å². The number of hydrogen-bond acceptors (Lipinski definition) is 3. The third kappa shape index (κ3) is 3.58. The monoisotopic (exact) mass is 323 g/mol. The predicted octanol–water partition coefficient (Wildman–Crippen LogP) is 3.47. The van der Waals surface area contributed by atoms with Crippen molar-refractivity contribution in [3.8, 4) is 0 Å². The molecule has 0 aliphatic carbocycles. The van der Waals surface area contributed by atoms with Crippen LogP contribution >= 0.6 is 15.9 Å². The van der Waals surface area contributed by atoms with Gasteiger partial charge < -0.3 is 5.32 Å². The molecule has 100 valence electrons. The smallest absolute Gasteiger partial charge is 0.123 e. The average Bonchev–Trinajstić information content (AvgIpc) is 2.44. The molecule has 1 N–H and O–H groups in total. The maximum absolute atomic E-state index is 13.5. The van der Waals surface area contributed by atoms with E-state index in [4.69, 9.17) is 0 Å². The van der Waals surface area contributed by atoms with Crippen molar-refractivity contribution < 1.29 is 4.39 Å². The molecular weight excluding hydrogens is 309 g/mol. The minimum absolute atomic E-state index is 0.168. The van der Waals surface area contributed by atoms with Gasteiger partial charge in [0.25, 0.3) is 0 Å². The third-order valence-electron chi connectivity index (χ3n) is 2.75. The van der Waals surface area contributed by atoms with E-state index in [1.54, 1.807) is 24.7 Å². The first-order valence-corrected chi connectivity index (χ1v) is 6.96. The Kier molecular flexibility index (Phi) is 4.99. The SMILES string of the molecule is CCCNC(c1cnccn1)c1cc(F)ccc1Br. The van der Waals surface area contributed by atoms with Gasteiger partial charge in [0.15, 0.2) is 0 Å². The van der Waals surface area contributed by atoms with Crippen molar-refractivity contribution in [2.45, 2.75) is 19.4 Å². The fourth-order valence-corrected chi connectivity index (χ4v) is 2.33. The van der Waals surface area contributed by atoms with Gasteiger partial charge in [-0.15, -0.1) is 0 Å². The summed E-state index contributed by atoms with van der Waals surface area (Å²) in [6.45, 7) is 2.91. The van der Waals surface area contributed by atoms with E-state index in [1.807, 2.05) is 0 Å². The summed E-state index contributed by atoms with van der Waals surface area (Å²) in [6, 6.07) is 4.49. The highest BCUT2D eigenvalue weighted by Crippen LogP contribution is 2.28. The molecular formula is C14H15BrFN3. The molecule has 2 aromatic rings. The molecule has 0 amide bonds. The van der Waals surface area contributed by atoms with E-state index in [1.165, 1.54) is 12.1 Å². The van der Waals surface area contributed by atoms with Crippen LogP contribution in [0.3, 0.4) is 0 Å². The summed E-state index contributed by atoms with van der Waals surface area (Å²) in [6.07, 6.45) is 5.96. The number of rotatable bonds is 5. The number of aromatic nitrogens is 2.